The fourth-order valence-corrected chi connectivity index (χ4v) is 2.39. The van der Waals surface area contributed by atoms with Crippen molar-refractivity contribution in [3.63, 3.8) is 0 Å². The molecule has 0 fully saturated rings. The van der Waals surface area contributed by atoms with Gasteiger partial charge >= 0.3 is 5.97 Å². The van der Waals surface area contributed by atoms with E-state index in [-0.39, 0.29) is 5.57 Å². The summed E-state index contributed by atoms with van der Waals surface area (Å²) in [6.07, 6.45) is 2.09. The minimum Gasteiger partial charge on any atom is -0.501 e. The summed E-state index contributed by atoms with van der Waals surface area (Å²) in [4.78, 5) is 24.1. The third-order valence-corrected chi connectivity index (χ3v) is 3.53. The Labute approximate surface area is 133 Å². The fraction of sp³-hybridized carbons (Fsp3) is 0.0526. The number of benzene rings is 2. The van der Waals surface area contributed by atoms with Gasteiger partial charge in [-0.15, -0.1) is 0 Å². The number of aliphatic hydroxyl groups excluding tert-OH is 1. The van der Waals surface area contributed by atoms with Crippen LogP contribution in [0.2, 0.25) is 0 Å². The molecule has 1 N–H and O–H groups in total. The van der Waals surface area contributed by atoms with E-state index in [0.29, 0.717) is 5.56 Å². The van der Waals surface area contributed by atoms with Gasteiger partial charge < -0.3 is 9.84 Å². The van der Waals surface area contributed by atoms with E-state index in [4.69, 9.17) is 4.74 Å². The van der Waals surface area contributed by atoms with Crippen LogP contribution in [0.1, 0.15) is 17.2 Å². The molecule has 0 amide bonds. The molecule has 0 spiro atoms. The maximum absolute atomic E-state index is 12.4. The van der Waals surface area contributed by atoms with Gasteiger partial charge in [0.1, 0.15) is 0 Å². The predicted molar refractivity (Wildman–Crippen MR) is 85.4 cm³/mol. The molecule has 0 aliphatic carbocycles. The quantitative estimate of drug-likeness (QED) is 0.695. The smallest absolute Gasteiger partial charge is 0.374 e. The SMILES string of the molecule is O=C(/C=C/c1ccccc1)C1=C(O)C(=O)O[C@H]1c1ccccc1. The number of carbonyl (C=O) groups excluding carboxylic acids is 2. The number of ketones is 1. The summed E-state index contributed by atoms with van der Waals surface area (Å²) in [5, 5.41) is 9.91. The van der Waals surface area contributed by atoms with Gasteiger partial charge in [-0.05, 0) is 17.2 Å². The molecule has 0 bridgehead atoms. The van der Waals surface area contributed by atoms with Crippen LogP contribution in [0.25, 0.3) is 6.08 Å². The number of ether oxygens (including phenoxy) is 1. The average Bonchev–Trinajstić information content (AvgIpc) is 2.90. The molecule has 0 saturated carbocycles. The first-order valence-electron chi connectivity index (χ1n) is 7.13. The summed E-state index contributed by atoms with van der Waals surface area (Å²) in [5.74, 6) is -1.96. The number of cyclic esters (lactones) is 1. The molecule has 0 saturated heterocycles. The first-order valence-corrected chi connectivity index (χ1v) is 7.13. The van der Waals surface area contributed by atoms with Crippen molar-refractivity contribution >= 4 is 17.8 Å². The van der Waals surface area contributed by atoms with Crippen LogP contribution in [0.5, 0.6) is 0 Å². The minimum absolute atomic E-state index is 0.0339. The van der Waals surface area contributed by atoms with E-state index in [9.17, 15) is 14.7 Å². The van der Waals surface area contributed by atoms with Crippen LogP contribution < -0.4 is 0 Å². The summed E-state index contributed by atoms with van der Waals surface area (Å²) >= 11 is 0. The number of hydrogen-bond donors (Lipinski definition) is 1. The van der Waals surface area contributed by atoms with E-state index in [2.05, 4.69) is 0 Å². The standard InChI is InChI=1S/C19H14O4/c20-15(12-11-13-7-3-1-4-8-13)16-17(21)19(22)23-18(16)14-9-5-2-6-10-14/h1-12,18,21H/b12-11+/t18-/m0/s1. The fourth-order valence-electron chi connectivity index (χ4n) is 2.39. The summed E-state index contributed by atoms with van der Waals surface area (Å²) in [6, 6.07) is 18.1. The van der Waals surface area contributed by atoms with Crippen molar-refractivity contribution in [1.82, 2.24) is 0 Å². The molecule has 114 valence electrons. The van der Waals surface area contributed by atoms with E-state index >= 15 is 0 Å². The molecule has 1 aliphatic rings. The molecule has 23 heavy (non-hydrogen) atoms. The molecule has 2 aromatic rings. The molecule has 4 nitrogen and oxygen atoms in total. The lowest BCUT2D eigenvalue weighted by atomic mass is 9.98. The Balaban J connectivity index is 1.90. The number of carbonyl (C=O) groups is 2. The Bertz CT molecular complexity index is 789. The zero-order chi connectivity index (χ0) is 16.2. The third-order valence-electron chi connectivity index (χ3n) is 3.53. The van der Waals surface area contributed by atoms with Gasteiger partial charge in [0.2, 0.25) is 5.76 Å². The monoisotopic (exact) mass is 306 g/mol. The van der Waals surface area contributed by atoms with Gasteiger partial charge in [0.05, 0.1) is 5.57 Å². The molecule has 1 atom stereocenters. The van der Waals surface area contributed by atoms with Gasteiger partial charge in [-0.3, -0.25) is 4.79 Å². The van der Waals surface area contributed by atoms with Gasteiger partial charge in [-0.25, -0.2) is 4.79 Å². The van der Waals surface area contributed by atoms with Crippen molar-refractivity contribution in [3.05, 3.63) is 89.2 Å². The second-order valence-corrected chi connectivity index (χ2v) is 5.07. The lowest BCUT2D eigenvalue weighted by Gasteiger charge is -2.11. The Morgan fingerprint density at radius 1 is 1.00 bits per heavy atom. The first kappa shape index (κ1) is 14.8. The van der Waals surface area contributed by atoms with Crippen LogP contribution in [-0.4, -0.2) is 16.9 Å². The molecule has 0 unspecified atom stereocenters. The molecule has 1 heterocycles. The number of allylic oxidation sites excluding steroid dienone is 1. The second kappa shape index (κ2) is 6.32. The molecule has 0 aromatic heterocycles. The summed E-state index contributed by atoms with van der Waals surface area (Å²) in [5.41, 5.74) is 1.46. The van der Waals surface area contributed by atoms with Crippen LogP contribution in [-0.2, 0) is 14.3 Å². The molecule has 2 aromatic carbocycles. The van der Waals surface area contributed by atoms with Gasteiger partial charge in [0.25, 0.3) is 0 Å². The van der Waals surface area contributed by atoms with Crippen molar-refractivity contribution in [3.8, 4) is 0 Å². The molecule has 1 aliphatic heterocycles. The van der Waals surface area contributed by atoms with Crippen molar-refractivity contribution in [2.75, 3.05) is 0 Å². The Morgan fingerprint density at radius 3 is 2.26 bits per heavy atom. The van der Waals surface area contributed by atoms with Gasteiger partial charge in [0, 0.05) is 0 Å². The van der Waals surface area contributed by atoms with E-state index < -0.39 is 23.6 Å². The summed E-state index contributed by atoms with van der Waals surface area (Å²) in [7, 11) is 0. The van der Waals surface area contributed by atoms with Crippen LogP contribution in [0.15, 0.2) is 78.1 Å². The van der Waals surface area contributed by atoms with Crippen LogP contribution >= 0.6 is 0 Å². The normalized spacial score (nSPS) is 17.6. The topological polar surface area (TPSA) is 63.6 Å². The highest BCUT2D eigenvalue weighted by atomic mass is 16.6. The second-order valence-electron chi connectivity index (χ2n) is 5.07. The van der Waals surface area contributed by atoms with Crippen molar-refractivity contribution in [1.29, 1.82) is 0 Å². The lowest BCUT2D eigenvalue weighted by Crippen LogP contribution is -2.08. The van der Waals surface area contributed by atoms with Gasteiger partial charge in [-0.1, -0.05) is 66.7 Å². The van der Waals surface area contributed by atoms with Crippen molar-refractivity contribution in [2.24, 2.45) is 0 Å². The van der Waals surface area contributed by atoms with E-state index in [1.807, 2.05) is 36.4 Å². The van der Waals surface area contributed by atoms with Crippen LogP contribution in [0, 0.1) is 0 Å². The number of esters is 1. The highest BCUT2D eigenvalue weighted by Gasteiger charge is 2.38. The van der Waals surface area contributed by atoms with E-state index in [1.165, 1.54) is 6.08 Å². The summed E-state index contributed by atoms with van der Waals surface area (Å²) in [6.45, 7) is 0. The van der Waals surface area contributed by atoms with Gasteiger partial charge in [0.15, 0.2) is 11.9 Å². The van der Waals surface area contributed by atoms with Crippen molar-refractivity contribution in [2.45, 2.75) is 6.10 Å². The molecule has 0 radical (unpaired) electrons. The maximum Gasteiger partial charge on any atom is 0.374 e. The average molecular weight is 306 g/mol. The van der Waals surface area contributed by atoms with E-state index in [0.717, 1.165) is 5.56 Å². The zero-order valence-electron chi connectivity index (χ0n) is 12.2. The lowest BCUT2D eigenvalue weighted by molar-refractivity contribution is -0.142. The minimum atomic E-state index is -0.879. The van der Waals surface area contributed by atoms with Crippen LogP contribution in [0.4, 0.5) is 0 Å². The first-order chi connectivity index (χ1) is 11.2. The van der Waals surface area contributed by atoms with Crippen LogP contribution in [0.3, 0.4) is 0 Å². The Morgan fingerprint density at radius 2 is 1.61 bits per heavy atom. The third kappa shape index (κ3) is 3.06. The van der Waals surface area contributed by atoms with E-state index in [1.54, 1.807) is 30.3 Å². The zero-order valence-corrected chi connectivity index (χ0v) is 12.2. The molecular formula is C19H14O4. The number of rotatable bonds is 4. The highest BCUT2D eigenvalue weighted by Crippen LogP contribution is 2.34. The Hall–Kier alpha value is -3.14. The van der Waals surface area contributed by atoms with Crippen molar-refractivity contribution < 1.29 is 19.4 Å². The molecular weight excluding hydrogens is 292 g/mol. The predicted octanol–water partition coefficient (Wildman–Crippen LogP) is 3.38. The molecule has 3 rings (SSSR count). The largest absolute Gasteiger partial charge is 0.501 e. The molecule has 4 heteroatoms. The Kier molecular flexibility index (Phi) is 4.06. The number of aliphatic hydroxyl groups is 1. The summed E-state index contributed by atoms with van der Waals surface area (Å²) < 4.78 is 5.13. The maximum atomic E-state index is 12.4. The van der Waals surface area contributed by atoms with Gasteiger partial charge in [-0.2, -0.15) is 0 Å². The number of hydrogen-bond acceptors (Lipinski definition) is 4. The highest BCUT2D eigenvalue weighted by molar-refractivity contribution is 6.12.